The van der Waals surface area contributed by atoms with Crippen LogP contribution in [0, 0.1) is 0 Å². The van der Waals surface area contributed by atoms with Gasteiger partial charge in [0.15, 0.2) is 0 Å². The molecule has 0 aromatic heterocycles. The van der Waals surface area contributed by atoms with Crippen molar-refractivity contribution in [2.45, 2.75) is 39.5 Å². The summed E-state index contributed by atoms with van der Waals surface area (Å²) in [6.07, 6.45) is 2.28. The van der Waals surface area contributed by atoms with Crippen LogP contribution < -0.4 is 4.74 Å². The van der Waals surface area contributed by atoms with Gasteiger partial charge >= 0.3 is 0 Å². The molecule has 0 spiro atoms. The van der Waals surface area contributed by atoms with Gasteiger partial charge in [-0.15, -0.1) is 0 Å². The minimum absolute atomic E-state index is 0.582. The third-order valence-electron chi connectivity index (χ3n) is 3.53. The monoisotopic (exact) mass is 268 g/mol. The van der Waals surface area contributed by atoms with E-state index in [1.807, 2.05) is 0 Å². The normalized spacial score (nSPS) is 10.8. The van der Waals surface area contributed by atoms with E-state index in [4.69, 9.17) is 4.74 Å². The molecule has 0 bridgehead atoms. The summed E-state index contributed by atoms with van der Waals surface area (Å²) in [5.74, 6) is 1.54. The van der Waals surface area contributed by atoms with Crippen molar-refractivity contribution < 1.29 is 4.74 Å². The lowest BCUT2D eigenvalue weighted by Crippen LogP contribution is -1.95. The largest absolute Gasteiger partial charge is 0.494 e. The van der Waals surface area contributed by atoms with E-state index < -0.39 is 0 Å². The van der Waals surface area contributed by atoms with Crippen molar-refractivity contribution in [1.29, 1.82) is 0 Å². The molecule has 1 heteroatoms. The van der Waals surface area contributed by atoms with Gasteiger partial charge in [0.05, 0.1) is 6.61 Å². The number of rotatable bonds is 6. The molecule has 0 amide bonds. The van der Waals surface area contributed by atoms with Crippen molar-refractivity contribution in [1.82, 2.24) is 0 Å². The van der Waals surface area contributed by atoms with Gasteiger partial charge in [-0.3, -0.25) is 0 Å². The summed E-state index contributed by atoms with van der Waals surface area (Å²) < 4.78 is 5.69. The Morgan fingerprint density at radius 3 is 1.90 bits per heavy atom. The van der Waals surface area contributed by atoms with Crippen molar-refractivity contribution in [3.63, 3.8) is 0 Å². The van der Waals surface area contributed by atoms with E-state index in [2.05, 4.69) is 69.3 Å². The average molecular weight is 268 g/mol. The quantitative estimate of drug-likeness (QED) is 0.614. The first-order valence-corrected chi connectivity index (χ1v) is 7.54. The van der Waals surface area contributed by atoms with Crippen LogP contribution in [-0.2, 0) is 0 Å². The topological polar surface area (TPSA) is 9.23 Å². The highest BCUT2D eigenvalue weighted by Crippen LogP contribution is 2.24. The fraction of sp³-hybridized carbons (Fsp3) is 0.368. The highest BCUT2D eigenvalue weighted by Gasteiger charge is 2.01. The molecular formula is C19H24O. The minimum Gasteiger partial charge on any atom is -0.494 e. The van der Waals surface area contributed by atoms with Gasteiger partial charge in [0, 0.05) is 0 Å². The third-order valence-corrected chi connectivity index (χ3v) is 3.53. The smallest absolute Gasteiger partial charge is 0.119 e. The number of ether oxygens (including phenoxy) is 1. The SMILES string of the molecule is CCCCOc1ccc(-c2ccc(C(C)C)cc2)cc1. The molecule has 1 nitrogen and oxygen atoms in total. The Kier molecular flexibility index (Phi) is 5.23. The van der Waals surface area contributed by atoms with Crippen molar-refractivity contribution in [3.05, 3.63) is 54.1 Å². The van der Waals surface area contributed by atoms with E-state index in [1.54, 1.807) is 0 Å². The number of benzene rings is 2. The predicted octanol–water partition coefficient (Wildman–Crippen LogP) is 5.66. The second-order valence-corrected chi connectivity index (χ2v) is 5.50. The molecule has 0 fully saturated rings. The molecule has 0 atom stereocenters. The maximum atomic E-state index is 5.69. The molecule has 0 radical (unpaired) electrons. The Bertz CT molecular complexity index is 508. The van der Waals surface area contributed by atoms with Crippen LogP contribution in [0.4, 0.5) is 0 Å². The maximum Gasteiger partial charge on any atom is 0.119 e. The van der Waals surface area contributed by atoms with Crippen LogP contribution >= 0.6 is 0 Å². The van der Waals surface area contributed by atoms with Gasteiger partial charge in [-0.2, -0.15) is 0 Å². The van der Waals surface area contributed by atoms with Gasteiger partial charge in [0.1, 0.15) is 5.75 Å². The molecule has 0 aliphatic heterocycles. The van der Waals surface area contributed by atoms with Crippen LogP contribution in [0.1, 0.15) is 45.1 Å². The zero-order valence-electron chi connectivity index (χ0n) is 12.7. The van der Waals surface area contributed by atoms with Crippen molar-refractivity contribution in [3.8, 4) is 16.9 Å². The lowest BCUT2D eigenvalue weighted by atomic mass is 9.99. The fourth-order valence-corrected chi connectivity index (χ4v) is 2.14. The molecule has 0 aliphatic carbocycles. The van der Waals surface area contributed by atoms with Gasteiger partial charge in [0.25, 0.3) is 0 Å². The zero-order chi connectivity index (χ0) is 14.4. The predicted molar refractivity (Wildman–Crippen MR) is 86.4 cm³/mol. The Labute approximate surface area is 122 Å². The summed E-state index contributed by atoms with van der Waals surface area (Å²) in [6, 6.07) is 17.2. The summed E-state index contributed by atoms with van der Waals surface area (Å²) in [5.41, 5.74) is 3.88. The van der Waals surface area contributed by atoms with E-state index in [-0.39, 0.29) is 0 Å². The number of hydrogen-bond donors (Lipinski definition) is 0. The van der Waals surface area contributed by atoms with Crippen LogP contribution in [-0.4, -0.2) is 6.61 Å². The second kappa shape index (κ2) is 7.14. The first kappa shape index (κ1) is 14.6. The lowest BCUT2D eigenvalue weighted by Gasteiger charge is -2.09. The van der Waals surface area contributed by atoms with Crippen LogP contribution in [0.25, 0.3) is 11.1 Å². The summed E-state index contributed by atoms with van der Waals surface area (Å²) in [4.78, 5) is 0. The second-order valence-electron chi connectivity index (χ2n) is 5.50. The van der Waals surface area contributed by atoms with Crippen LogP contribution in [0.15, 0.2) is 48.5 Å². The van der Waals surface area contributed by atoms with E-state index >= 15 is 0 Å². The van der Waals surface area contributed by atoms with Crippen LogP contribution in [0.5, 0.6) is 5.75 Å². The maximum absolute atomic E-state index is 5.69. The molecule has 0 unspecified atom stereocenters. The molecule has 106 valence electrons. The Morgan fingerprint density at radius 2 is 1.40 bits per heavy atom. The van der Waals surface area contributed by atoms with E-state index in [1.165, 1.54) is 23.1 Å². The van der Waals surface area contributed by atoms with Gasteiger partial charge in [-0.1, -0.05) is 63.6 Å². The number of hydrogen-bond acceptors (Lipinski definition) is 1. The highest BCUT2D eigenvalue weighted by atomic mass is 16.5. The summed E-state index contributed by atoms with van der Waals surface area (Å²) in [5, 5.41) is 0. The minimum atomic E-state index is 0.582. The van der Waals surface area contributed by atoms with Crippen LogP contribution in [0.3, 0.4) is 0 Å². The number of unbranched alkanes of at least 4 members (excludes halogenated alkanes) is 1. The van der Waals surface area contributed by atoms with Crippen molar-refractivity contribution >= 4 is 0 Å². The first-order chi connectivity index (χ1) is 9.70. The Morgan fingerprint density at radius 1 is 0.850 bits per heavy atom. The lowest BCUT2D eigenvalue weighted by molar-refractivity contribution is 0.309. The van der Waals surface area contributed by atoms with Crippen molar-refractivity contribution in [2.75, 3.05) is 6.61 Å². The Hall–Kier alpha value is -1.76. The standard InChI is InChI=1S/C19H24O/c1-4-5-14-20-19-12-10-18(11-13-19)17-8-6-16(7-9-17)15(2)3/h6-13,15H,4-5,14H2,1-3H3. The summed E-state index contributed by atoms with van der Waals surface area (Å²) in [6.45, 7) is 7.42. The molecule has 2 aromatic rings. The van der Waals surface area contributed by atoms with Gasteiger partial charge in [-0.05, 0) is 41.2 Å². The van der Waals surface area contributed by atoms with Crippen molar-refractivity contribution in [2.24, 2.45) is 0 Å². The van der Waals surface area contributed by atoms with Gasteiger partial charge in [-0.25, -0.2) is 0 Å². The summed E-state index contributed by atoms with van der Waals surface area (Å²) in [7, 11) is 0. The zero-order valence-corrected chi connectivity index (χ0v) is 12.7. The molecule has 0 saturated heterocycles. The third kappa shape index (κ3) is 3.86. The van der Waals surface area contributed by atoms with E-state index in [9.17, 15) is 0 Å². The molecule has 0 saturated carbocycles. The van der Waals surface area contributed by atoms with Crippen LogP contribution in [0.2, 0.25) is 0 Å². The van der Waals surface area contributed by atoms with E-state index in [0.717, 1.165) is 18.8 Å². The molecule has 20 heavy (non-hydrogen) atoms. The molecule has 0 aliphatic rings. The molecule has 2 rings (SSSR count). The van der Waals surface area contributed by atoms with Gasteiger partial charge < -0.3 is 4.74 Å². The molecule has 2 aromatic carbocycles. The molecule has 0 heterocycles. The molecular weight excluding hydrogens is 244 g/mol. The first-order valence-electron chi connectivity index (χ1n) is 7.54. The summed E-state index contributed by atoms with van der Waals surface area (Å²) >= 11 is 0. The molecule has 0 N–H and O–H groups in total. The fourth-order valence-electron chi connectivity index (χ4n) is 2.14. The van der Waals surface area contributed by atoms with Gasteiger partial charge in [0.2, 0.25) is 0 Å². The average Bonchev–Trinajstić information content (AvgIpc) is 2.48. The Balaban J connectivity index is 2.05. The highest BCUT2D eigenvalue weighted by molar-refractivity contribution is 5.64. The van der Waals surface area contributed by atoms with E-state index in [0.29, 0.717) is 5.92 Å².